The van der Waals surface area contributed by atoms with Crippen LogP contribution in [0.2, 0.25) is 0 Å². The fraction of sp³-hybridized carbons (Fsp3) is 0.214. The number of nitrogens with zero attached hydrogens (tertiary/aromatic N) is 1. The lowest BCUT2D eigenvalue weighted by atomic mass is 10.3. The van der Waals surface area contributed by atoms with Gasteiger partial charge in [-0.05, 0) is 36.4 Å². The average molecular weight is 377 g/mol. The highest BCUT2D eigenvalue weighted by Crippen LogP contribution is 2.18. The van der Waals surface area contributed by atoms with Gasteiger partial charge in [0.05, 0.1) is 11.1 Å². The fourth-order valence-corrected chi connectivity index (χ4v) is 2.42. The zero-order valence-corrected chi connectivity index (χ0v) is 13.8. The lowest BCUT2D eigenvalue weighted by Crippen LogP contribution is -2.20. The van der Waals surface area contributed by atoms with E-state index in [1.165, 1.54) is 11.8 Å². The van der Waals surface area contributed by atoms with Gasteiger partial charge in [0.15, 0.2) is 0 Å². The molecule has 1 atom stereocenters. The molecule has 0 aliphatic heterocycles. The number of aliphatic hydroxyl groups excluding tert-OH is 1. The number of aromatic nitrogens is 1. The number of aliphatic hydroxyl groups is 1. The van der Waals surface area contributed by atoms with Crippen LogP contribution in [0.5, 0.6) is 5.75 Å². The molecule has 1 aromatic carbocycles. The second kappa shape index (κ2) is 9.23. The molecule has 2 rings (SSSR count). The van der Waals surface area contributed by atoms with Gasteiger partial charge in [-0.1, -0.05) is 22.0 Å². The van der Waals surface area contributed by atoms with Gasteiger partial charge < -0.3 is 9.84 Å². The van der Waals surface area contributed by atoms with E-state index in [-0.39, 0.29) is 19.0 Å². The molecule has 108 valence electrons. The number of hydrogen-bond donors (Lipinski definition) is 1. The van der Waals surface area contributed by atoms with Gasteiger partial charge in [-0.25, -0.2) is 4.98 Å². The number of rotatable bonds is 6. The van der Waals surface area contributed by atoms with E-state index < -0.39 is 6.10 Å². The van der Waals surface area contributed by atoms with Crippen molar-refractivity contribution in [1.29, 1.82) is 0 Å². The molecule has 0 amide bonds. The molecule has 20 heavy (non-hydrogen) atoms. The summed E-state index contributed by atoms with van der Waals surface area (Å²) in [6.45, 7) is 0.279. The summed E-state index contributed by atoms with van der Waals surface area (Å²) < 4.78 is 6.51. The molecule has 1 aromatic heterocycles. The summed E-state index contributed by atoms with van der Waals surface area (Å²) in [4.78, 5) is 4.18. The van der Waals surface area contributed by atoms with Crippen LogP contribution in [0.1, 0.15) is 0 Å². The Morgan fingerprint density at radius 2 is 1.95 bits per heavy atom. The van der Waals surface area contributed by atoms with Gasteiger partial charge in [0.1, 0.15) is 12.4 Å². The maximum Gasteiger partial charge on any atom is 0.119 e. The Bertz CT molecular complexity index is 498. The first-order valence-electron chi connectivity index (χ1n) is 5.84. The highest BCUT2D eigenvalue weighted by atomic mass is 79.9. The first-order valence-corrected chi connectivity index (χ1v) is 7.62. The van der Waals surface area contributed by atoms with Crippen LogP contribution in [-0.4, -0.2) is 28.6 Å². The molecule has 0 fully saturated rings. The van der Waals surface area contributed by atoms with Crippen molar-refractivity contribution in [2.75, 3.05) is 12.4 Å². The van der Waals surface area contributed by atoms with Crippen molar-refractivity contribution in [2.24, 2.45) is 0 Å². The van der Waals surface area contributed by atoms with Crippen molar-refractivity contribution in [3.05, 3.63) is 53.1 Å². The number of thioether (sulfide) groups is 1. The molecule has 0 bridgehead atoms. The summed E-state index contributed by atoms with van der Waals surface area (Å²) in [5, 5.41) is 10.8. The number of benzene rings is 1. The molecule has 1 unspecified atom stereocenters. The van der Waals surface area contributed by atoms with Crippen LogP contribution in [0.25, 0.3) is 0 Å². The standard InChI is InChI=1S/C14H14BrNO2S.ClH/c15-11-4-6-13(7-5-11)18-9-12(17)10-19-14-3-1-2-8-16-14;/h1-8,12,17H,9-10H2;1H. The van der Waals surface area contributed by atoms with E-state index in [9.17, 15) is 5.11 Å². The third-order valence-electron chi connectivity index (χ3n) is 2.32. The van der Waals surface area contributed by atoms with Gasteiger partial charge >= 0.3 is 0 Å². The van der Waals surface area contributed by atoms with Crippen molar-refractivity contribution in [2.45, 2.75) is 11.1 Å². The van der Waals surface area contributed by atoms with E-state index in [0.717, 1.165) is 15.2 Å². The summed E-state index contributed by atoms with van der Waals surface area (Å²) in [5.41, 5.74) is 0. The lowest BCUT2D eigenvalue weighted by molar-refractivity contribution is 0.126. The number of ether oxygens (including phenoxy) is 1. The molecule has 0 saturated heterocycles. The highest BCUT2D eigenvalue weighted by molar-refractivity contribution is 9.10. The average Bonchev–Trinajstić information content (AvgIpc) is 2.45. The predicted octanol–water partition coefficient (Wildman–Crippen LogP) is 3.80. The van der Waals surface area contributed by atoms with Gasteiger partial charge in [-0.2, -0.15) is 0 Å². The molecule has 0 aliphatic rings. The molecule has 1 N–H and O–H groups in total. The molecular weight excluding hydrogens is 362 g/mol. The van der Waals surface area contributed by atoms with Crippen LogP contribution in [0.3, 0.4) is 0 Å². The zero-order chi connectivity index (χ0) is 13.5. The van der Waals surface area contributed by atoms with Gasteiger partial charge in [-0.3, -0.25) is 0 Å². The number of halogens is 2. The molecular formula is C14H15BrClNO2S. The molecule has 2 aromatic rings. The summed E-state index contributed by atoms with van der Waals surface area (Å²) in [6.07, 6.45) is 1.23. The van der Waals surface area contributed by atoms with Gasteiger partial charge in [0, 0.05) is 16.4 Å². The third kappa shape index (κ3) is 6.13. The van der Waals surface area contributed by atoms with E-state index in [0.29, 0.717) is 5.75 Å². The monoisotopic (exact) mass is 375 g/mol. The Morgan fingerprint density at radius 1 is 1.20 bits per heavy atom. The fourth-order valence-electron chi connectivity index (χ4n) is 1.39. The Kier molecular flexibility index (Phi) is 7.99. The molecule has 6 heteroatoms. The quantitative estimate of drug-likeness (QED) is 0.779. The van der Waals surface area contributed by atoms with Crippen molar-refractivity contribution in [3.8, 4) is 5.75 Å². The topological polar surface area (TPSA) is 42.4 Å². The van der Waals surface area contributed by atoms with E-state index in [4.69, 9.17) is 4.74 Å². The molecule has 0 saturated carbocycles. The lowest BCUT2D eigenvalue weighted by Gasteiger charge is -2.11. The molecule has 0 radical (unpaired) electrons. The summed E-state index contributed by atoms with van der Waals surface area (Å²) in [7, 11) is 0. The Labute approximate surface area is 137 Å². The van der Waals surface area contributed by atoms with Crippen molar-refractivity contribution < 1.29 is 9.84 Å². The molecule has 1 heterocycles. The Balaban J connectivity index is 0.00000200. The van der Waals surface area contributed by atoms with Crippen LogP contribution in [-0.2, 0) is 0 Å². The van der Waals surface area contributed by atoms with Crippen LogP contribution < -0.4 is 4.74 Å². The van der Waals surface area contributed by atoms with Crippen LogP contribution in [0, 0.1) is 0 Å². The normalized spacial score (nSPS) is 11.5. The number of pyridine rings is 1. The maximum atomic E-state index is 9.84. The highest BCUT2D eigenvalue weighted by Gasteiger charge is 2.06. The SMILES string of the molecule is Cl.OC(COc1ccc(Br)cc1)CSc1ccccn1. The molecule has 0 spiro atoms. The minimum atomic E-state index is -0.518. The van der Waals surface area contributed by atoms with Crippen LogP contribution in [0.15, 0.2) is 58.2 Å². The van der Waals surface area contributed by atoms with E-state index in [1.807, 2.05) is 42.5 Å². The molecule has 0 aliphatic carbocycles. The van der Waals surface area contributed by atoms with Crippen LogP contribution >= 0.6 is 40.1 Å². The van der Waals surface area contributed by atoms with E-state index >= 15 is 0 Å². The van der Waals surface area contributed by atoms with Gasteiger partial charge in [0.25, 0.3) is 0 Å². The first-order chi connectivity index (χ1) is 9.24. The second-order valence-corrected chi connectivity index (χ2v) is 5.85. The largest absolute Gasteiger partial charge is 0.491 e. The summed E-state index contributed by atoms with van der Waals surface area (Å²) in [6, 6.07) is 13.3. The zero-order valence-electron chi connectivity index (χ0n) is 10.6. The molecule has 3 nitrogen and oxygen atoms in total. The minimum absolute atomic E-state index is 0. The summed E-state index contributed by atoms with van der Waals surface area (Å²) in [5.74, 6) is 1.32. The van der Waals surface area contributed by atoms with E-state index in [2.05, 4.69) is 20.9 Å². The Hall–Kier alpha value is -0.750. The number of hydrogen-bond acceptors (Lipinski definition) is 4. The van der Waals surface area contributed by atoms with E-state index in [1.54, 1.807) is 6.20 Å². The summed E-state index contributed by atoms with van der Waals surface area (Å²) >= 11 is 4.88. The smallest absolute Gasteiger partial charge is 0.119 e. The predicted molar refractivity (Wildman–Crippen MR) is 87.9 cm³/mol. The Morgan fingerprint density at radius 3 is 2.60 bits per heavy atom. The van der Waals surface area contributed by atoms with Gasteiger partial charge in [0.2, 0.25) is 0 Å². The van der Waals surface area contributed by atoms with Crippen LogP contribution in [0.4, 0.5) is 0 Å². The minimum Gasteiger partial charge on any atom is -0.491 e. The van der Waals surface area contributed by atoms with Crippen molar-refractivity contribution in [3.63, 3.8) is 0 Å². The maximum absolute atomic E-state index is 9.84. The van der Waals surface area contributed by atoms with Crippen molar-refractivity contribution >= 4 is 40.1 Å². The van der Waals surface area contributed by atoms with Gasteiger partial charge in [-0.15, -0.1) is 24.2 Å². The van der Waals surface area contributed by atoms with Crippen molar-refractivity contribution in [1.82, 2.24) is 4.98 Å². The first kappa shape index (κ1) is 17.3. The second-order valence-electron chi connectivity index (χ2n) is 3.90. The third-order valence-corrected chi connectivity index (χ3v) is 3.93.